The molecule has 7 heteroatoms. The van der Waals surface area contributed by atoms with Gasteiger partial charge in [-0.3, -0.25) is 4.90 Å². The Morgan fingerprint density at radius 1 is 1.14 bits per heavy atom. The van der Waals surface area contributed by atoms with E-state index in [4.69, 9.17) is 9.47 Å². The lowest BCUT2D eigenvalue weighted by Gasteiger charge is -2.29. The molecule has 3 rings (SSSR count). The fourth-order valence-corrected chi connectivity index (χ4v) is 4.65. The van der Waals surface area contributed by atoms with Crippen molar-refractivity contribution in [2.75, 3.05) is 47.0 Å². The van der Waals surface area contributed by atoms with Gasteiger partial charge in [0.2, 0.25) is 10.0 Å². The standard InChI is InChI=1S/C15H22N2O4S/c1-16-7-12-8-17(9-13(16)11-21-10-12)22(18,19)15-5-3-14(20-2)4-6-15/h3-6,12-13H,7-11H2,1-2H3/t12-,13+/m1/s1. The zero-order valence-corrected chi connectivity index (χ0v) is 13.8. The molecule has 0 aromatic heterocycles. The molecule has 2 aliphatic rings. The number of methoxy groups -OCH3 is 1. The molecule has 2 atom stereocenters. The summed E-state index contributed by atoms with van der Waals surface area (Å²) in [6.45, 7) is 3.06. The van der Waals surface area contributed by atoms with Crippen LogP contribution in [0.2, 0.25) is 0 Å². The van der Waals surface area contributed by atoms with E-state index in [9.17, 15) is 8.42 Å². The average Bonchev–Trinajstić information content (AvgIpc) is 2.76. The Hall–Kier alpha value is -1.15. The largest absolute Gasteiger partial charge is 0.497 e. The van der Waals surface area contributed by atoms with Crippen LogP contribution in [0.3, 0.4) is 0 Å². The van der Waals surface area contributed by atoms with Crippen molar-refractivity contribution in [2.24, 2.45) is 5.92 Å². The summed E-state index contributed by atoms with van der Waals surface area (Å²) in [5.41, 5.74) is 0. The maximum atomic E-state index is 12.9. The van der Waals surface area contributed by atoms with Crippen LogP contribution in [0.25, 0.3) is 0 Å². The number of rotatable bonds is 3. The van der Waals surface area contributed by atoms with Gasteiger partial charge < -0.3 is 9.47 Å². The minimum Gasteiger partial charge on any atom is -0.497 e. The molecular formula is C15H22N2O4S. The second-order valence-electron chi connectivity index (χ2n) is 5.99. The minimum absolute atomic E-state index is 0.112. The molecule has 0 N–H and O–H groups in total. The van der Waals surface area contributed by atoms with Crippen LogP contribution in [-0.4, -0.2) is 70.7 Å². The van der Waals surface area contributed by atoms with Crippen molar-refractivity contribution >= 4 is 10.0 Å². The van der Waals surface area contributed by atoms with Gasteiger partial charge in [0.15, 0.2) is 0 Å². The summed E-state index contributed by atoms with van der Waals surface area (Å²) in [6, 6.07) is 6.69. The number of ether oxygens (including phenoxy) is 2. The number of likely N-dealkylation sites (N-methyl/N-ethyl adjacent to an activating group) is 1. The summed E-state index contributed by atoms with van der Waals surface area (Å²) < 4.78 is 38.2. The summed E-state index contributed by atoms with van der Waals surface area (Å²) in [7, 11) is 0.122. The van der Waals surface area contributed by atoms with E-state index in [1.54, 1.807) is 35.7 Å². The molecule has 1 aromatic carbocycles. The van der Waals surface area contributed by atoms with Crippen molar-refractivity contribution in [1.82, 2.24) is 9.21 Å². The molecule has 0 amide bonds. The van der Waals surface area contributed by atoms with Crippen LogP contribution in [0.4, 0.5) is 0 Å². The Bertz CT molecular complexity index is 617. The molecule has 22 heavy (non-hydrogen) atoms. The summed E-state index contributed by atoms with van der Waals surface area (Å²) in [4.78, 5) is 2.53. The van der Waals surface area contributed by atoms with Crippen LogP contribution in [0.15, 0.2) is 29.2 Å². The molecule has 2 aliphatic heterocycles. The van der Waals surface area contributed by atoms with Gasteiger partial charge in [-0.05, 0) is 31.3 Å². The van der Waals surface area contributed by atoms with Crippen LogP contribution < -0.4 is 4.74 Å². The third kappa shape index (κ3) is 2.99. The number of sulfonamides is 1. The van der Waals surface area contributed by atoms with Gasteiger partial charge in [0, 0.05) is 31.6 Å². The Morgan fingerprint density at radius 3 is 2.55 bits per heavy atom. The third-order valence-corrected chi connectivity index (χ3v) is 6.25. The Labute approximate surface area is 131 Å². The van der Waals surface area contributed by atoms with Crippen molar-refractivity contribution < 1.29 is 17.9 Å². The van der Waals surface area contributed by atoms with Crippen LogP contribution in [0.5, 0.6) is 5.75 Å². The zero-order chi connectivity index (χ0) is 15.7. The lowest BCUT2D eigenvalue weighted by Crippen LogP contribution is -2.44. The van der Waals surface area contributed by atoms with Crippen molar-refractivity contribution in [3.63, 3.8) is 0 Å². The van der Waals surface area contributed by atoms with Gasteiger partial charge in [0.1, 0.15) is 5.75 Å². The molecule has 0 spiro atoms. The van der Waals surface area contributed by atoms with Gasteiger partial charge in [-0.15, -0.1) is 0 Å². The number of hydrogen-bond donors (Lipinski definition) is 0. The molecule has 122 valence electrons. The summed E-state index contributed by atoms with van der Waals surface area (Å²) in [5, 5.41) is 0. The zero-order valence-electron chi connectivity index (χ0n) is 12.9. The van der Waals surface area contributed by atoms with E-state index in [0.717, 1.165) is 6.54 Å². The van der Waals surface area contributed by atoms with Crippen LogP contribution in [-0.2, 0) is 14.8 Å². The smallest absolute Gasteiger partial charge is 0.243 e. The molecule has 2 bridgehead atoms. The van der Waals surface area contributed by atoms with Gasteiger partial charge in [-0.25, -0.2) is 8.42 Å². The predicted octanol–water partition coefficient (Wildman–Crippen LogP) is 0.646. The number of nitrogens with zero attached hydrogens (tertiary/aromatic N) is 2. The lowest BCUT2D eigenvalue weighted by atomic mass is 10.1. The maximum Gasteiger partial charge on any atom is 0.243 e. The summed E-state index contributed by atoms with van der Waals surface area (Å²) >= 11 is 0. The van der Waals surface area contributed by atoms with Crippen LogP contribution >= 0.6 is 0 Å². The Morgan fingerprint density at radius 2 is 1.86 bits per heavy atom. The second-order valence-corrected chi connectivity index (χ2v) is 7.93. The number of benzene rings is 1. The fraction of sp³-hybridized carbons (Fsp3) is 0.600. The summed E-state index contributed by atoms with van der Waals surface area (Å²) in [5.74, 6) is 0.866. The highest BCUT2D eigenvalue weighted by Crippen LogP contribution is 2.25. The molecule has 2 fully saturated rings. The number of fused-ring (bicyclic) bond motifs is 3. The first-order chi connectivity index (χ1) is 10.5. The lowest BCUT2D eigenvalue weighted by molar-refractivity contribution is 0.0727. The molecule has 2 saturated heterocycles. The van der Waals surface area contributed by atoms with E-state index in [1.807, 2.05) is 7.05 Å². The monoisotopic (exact) mass is 326 g/mol. The molecule has 0 radical (unpaired) electrons. The SMILES string of the molecule is COc1ccc(S(=O)(=O)N2C[C@@H]3COC[C@H](C2)N(C)C3)cc1. The van der Waals surface area contributed by atoms with Crippen LogP contribution in [0.1, 0.15) is 0 Å². The first-order valence-corrected chi connectivity index (χ1v) is 8.87. The van der Waals surface area contributed by atoms with E-state index in [1.165, 1.54) is 0 Å². The molecule has 0 saturated carbocycles. The van der Waals surface area contributed by atoms with Crippen molar-refractivity contribution in [3.05, 3.63) is 24.3 Å². The first-order valence-electron chi connectivity index (χ1n) is 7.43. The van der Waals surface area contributed by atoms with E-state index in [-0.39, 0.29) is 12.0 Å². The highest BCUT2D eigenvalue weighted by molar-refractivity contribution is 7.89. The van der Waals surface area contributed by atoms with E-state index in [2.05, 4.69) is 4.90 Å². The third-order valence-electron chi connectivity index (χ3n) is 4.41. The first kappa shape index (κ1) is 15.7. The molecule has 0 unspecified atom stereocenters. The molecule has 1 aromatic rings. The minimum atomic E-state index is -3.48. The normalized spacial score (nSPS) is 27.4. The summed E-state index contributed by atoms with van der Waals surface area (Å²) in [6.07, 6.45) is 0. The van der Waals surface area contributed by atoms with Gasteiger partial charge in [0.25, 0.3) is 0 Å². The van der Waals surface area contributed by atoms with Crippen molar-refractivity contribution in [3.8, 4) is 5.75 Å². The van der Waals surface area contributed by atoms with Gasteiger partial charge in [-0.2, -0.15) is 4.31 Å². The fourth-order valence-electron chi connectivity index (χ4n) is 3.10. The second kappa shape index (κ2) is 6.16. The highest BCUT2D eigenvalue weighted by Gasteiger charge is 2.36. The molecule has 2 heterocycles. The molecule has 0 aliphatic carbocycles. The average molecular weight is 326 g/mol. The quantitative estimate of drug-likeness (QED) is 0.816. The maximum absolute atomic E-state index is 12.9. The topological polar surface area (TPSA) is 59.1 Å². The van der Waals surface area contributed by atoms with Gasteiger partial charge in [-0.1, -0.05) is 0 Å². The van der Waals surface area contributed by atoms with Gasteiger partial charge in [0.05, 0.1) is 25.2 Å². The van der Waals surface area contributed by atoms with Crippen LogP contribution in [0, 0.1) is 5.92 Å². The van der Waals surface area contributed by atoms with Gasteiger partial charge >= 0.3 is 0 Å². The number of hydrogen-bond acceptors (Lipinski definition) is 5. The Balaban J connectivity index is 1.87. The Kier molecular flexibility index (Phi) is 4.40. The van der Waals surface area contributed by atoms with E-state index >= 15 is 0 Å². The highest BCUT2D eigenvalue weighted by atomic mass is 32.2. The molecular weight excluding hydrogens is 304 g/mol. The molecule has 6 nitrogen and oxygen atoms in total. The van der Waals surface area contributed by atoms with Crippen molar-refractivity contribution in [1.29, 1.82) is 0 Å². The van der Waals surface area contributed by atoms with E-state index < -0.39 is 10.0 Å². The predicted molar refractivity (Wildman–Crippen MR) is 82.5 cm³/mol. The van der Waals surface area contributed by atoms with E-state index in [0.29, 0.717) is 36.9 Å². The van der Waals surface area contributed by atoms with Crippen molar-refractivity contribution in [2.45, 2.75) is 10.9 Å².